The smallest absolute Gasteiger partial charge is 0.251 e. The zero-order chi connectivity index (χ0) is 12.5. The van der Waals surface area contributed by atoms with E-state index in [0.717, 1.165) is 24.3 Å². The molecule has 18 heavy (non-hydrogen) atoms. The number of hydrogen-bond donors (Lipinski definition) is 1. The lowest BCUT2D eigenvalue weighted by Gasteiger charge is -1.99. The van der Waals surface area contributed by atoms with E-state index in [1.165, 1.54) is 0 Å². The lowest BCUT2D eigenvalue weighted by Crippen LogP contribution is -2.17. The maximum atomic E-state index is 11.4. The van der Waals surface area contributed by atoms with Crippen molar-refractivity contribution in [2.75, 3.05) is 7.05 Å². The Bertz CT molecular complexity index is 570. The van der Waals surface area contributed by atoms with Crippen LogP contribution in [0.1, 0.15) is 35.0 Å². The van der Waals surface area contributed by atoms with Crippen LogP contribution < -0.4 is 5.32 Å². The number of rotatable bonds is 3. The molecule has 5 nitrogen and oxygen atoms in total. The molecule has 0 radical (unpaired) electrons. The van der Waals surface area contributed by atoms with Crippen molar-refractivity contribution < 1.29 is 9.32 Å². The fraction of sp³-hybridized carbons (Fsp3) is 0.308. The predicted octanol–water partition coefficient (Wildman–Crippen LogP) is 1.97. The average molecular weight is 243 g/mol. The average Bonchev–Trinajstić information content (AvgIpc) is 3.16. The number of benzene rings is 1. The maximum Gasteiger partial charge on any atom is 0.251 e. The van der Waals surface area contributed by atoms with Crippen molar-refractivity contribution in [2.45, 2.75) is 18.8 Å². The largest absolute Gasteiger partial charge is 0.355 e. The molecule has 1 amide bonds. The summed E-state index contributed by atoms with van der Waals surface area (Å²) in [7, 11) is 1.61. The first-order chi connectivity index (χ1) is 8.78. The summed E-state index contributed by atoms with van der Waals surface area (Å²) in [4.78, 5) is 15.8. The molecule has 92 valence electrons. The molecule has 0 aliphatic heterocycles. The summed E-state index contributed by atoms with van der Waals surface area (Å²) >= 11 is 0. The molecule has 1 N–H and O–H groups in total. The first kappa shape index (κ1) is 11.0. The van der Waals surface area contributed by atoms with Gasteiger partial charge in [0.2, 0.25) is 11.7 Å². The van der Waals surface area contributed by atoms with Crippen LogP contribution in [-0.4, -0.2) is 23.1 Å². The third kappa shape index (κ3) is 1.99. The van der Waals surface area contributed by atoms with Crippen LogP contribution in [0, 0.1) is 0 Å². The molecule has 1 heterocycles. The lowest BCUT2D eigenvalue weighted by molar-refractivity contribution is 0.0963. The highest BCUT2D eigenvalue weighted by Gasteiger charge is 2.29. The number of amides is 1. The van der Waals surface area contributed by atoms with Crippen LogP contribution in [0.2, 0.25) is 0 Å². The van der Waals surface area contributed by atoms with Crippen molar-refractivity contribution in [3.05, 3.63) is 35.7 Å². The first-order valence-electron chi connectivity index (χ1n) is 5.94. The molecule has 3 rings (SSSR count). The molecule has 0 atom stereocenters. The Morgan fingerprint density at radius 3 is 2.67 bits per heavy atom. The van der Waals surface area contributed by atoms with Crippen LogP contribution in [0.3, 0.4) is 0 Å². The fourth-order valence-corrected chi connectivity index (χ4v) is 1.76. The molecular weight excluding hydrogens is 230 g/mol. The molecule has 1 aromatic heterocycles. The highest BCUT2D eigenvalue weighted by molar-refractivity contribution is 5.94. The topological polar surface area (TPSA) is 68.0 Å². The van der Waals surface area contributed by atoms with E-state index in [2.05, 4.69) is 15.5 Å². The number of carbonyl (C=O) groups is 1. The summed E-state index contributed by atoms with van der Waals surface area (Å²) in [6.45, 7) is 0. The van der Waals surface area contributed by atoms with Gasteiger partial charge in [-0.1, -0.05) is 17.3 Å². The minimum atomic E-state index is -0.103. The molecule has 1 aliphatic carbocycles. The second-order valence-electron chi connectivity index (χ2n) is 4.39. The van der Waals surface area contributed by atoms with E-state index in [1.807, 2.05) is 12.1 Å². The molecule has 5 heteroatoms. The number of aromatic nitrogens is 2. The van der Waals surface area contributed by atoms with Crippen LogP contribution >= 0.6 is 0 Å². The van der Waals surface area contributed by atoms with Gasteiger partial charge in [0.05, 0.1) is 0 Å². The van der Waals surface area contributed by atoms with Crippen molar-refractivity contribution in [1.29, 1.82) is 0 Å². The van der Waals surface area contributed by atoms with Crippen molar-refractivity contribution in [2.24, 2.45) is 0 Å². The second kappa shape index (κ2) is 4.25. The zero-order valence-electron chi connectivity index (χ0n) is 10.0. The van der Waals surface area contributed by atoms with Crippen molar-refractivity contribution in [3.63, 3.8) is 0 Å². The van der Waals surface area contributed by atoms with Gasteiger partial charge in [0.1, 0.15) is 0 Å². The number of nitrogens with one attached hydrogen (secondary N) is 1. The van der Waals surface area contributed by atoms with Crippen LogP contribution in [0.4, 0.5) is 0 Å². The third-order valence-corrected chi connectivity index (χ3v) is 3.00. The number of hydrogen-bond acceptors (Lipinski definition) is 4. The zero-order valence-corrected chi connectivity index (χ0v) is 10.0. The van der Waals surface area contributed by atoms with Crippen molar-refractivity contribution >= 4 is 5.91 Å². The van der Waals surface area contributed by atoms with Gasteiger partial charge in [-0.2, -0.15) is 4.98 Å². The summed E-state index contributed by atoms with van der Waals surface area (Å²) in [6.07, 6.45) is 2.27. The number of carbonyl (C=O) groups excluding carboxylic acids is 1. The van der Waals surface area contributed by atoms with Crippen molar-refractivity contribution in [1.82, 2.24) is 15.5 Å². The van der Waals surface area contributed by atoms with Gasteiger partial charge >= 0.3 is 0 Å². The Kier molecular flexibility index (Phi) is 2.59. The number of nitrogens with zero attached hydrogens (tertiary/aromatic N) is 2. The normalized spacial score (nSPS) is 14.5. The van der Waals surface area contributed by atoms with Crippen LogP contribution in [0.25, 0.3) is 11.4 Å². The Hall–Kier alpha value is -2.17. The molecule has 1 fully saturated rings. The van der Waals surface area contributed by atoms with Crippen LogP contribution in [0.5, 0.6) is 0 Å². The highest BCUT2D eigenvalue weighted by Crippen LogP contribution is 2.39. The van der Waals surface area contributed by atoms with Crippen molar-refractivity contribution in [3.8, 4) is 11.4 Å². The summed E-state index contributed by atoms with van der Waals surface area (Å²) in [5.74, 6) is 1.66. The fourth-order valence-electron chi connectivity index (χ4n) is 1.76. The summed E-state index contributed by atoms with van der Waals surface area (Å²) in [6, 6.07) is 7.15. The highest BCUT2D eigenvalue weighted by atomic mass is 16.5. The Morgan fingerprint density at radius 1 is 1.33 bits per heavy atom. The first-order valence-corrected chi connectivity index (χ1v) is 5.94. The van der Waals surface area contributed by atoms with Gasteiger partial charge in [-0.15, -0.1) is 0 Å². The van der Waals surface area contributed by atoms with Gasteiger partial charge in [-0.25, -0.2) is 0 Å². The van der Waals surface area contributed by atoms with Crippen LogP contribution in [-0.2, 0) is 0 Å². The molecule has 0 bridgehead atoms. The van der Waals surface area contributed by atoms with E-state index in [0.29, 0.717) is 17.3 Å². The summed E-state index contributed by atoms with van der Waals surface area (Å²) < 4.78 is 5.20. The van der Waals surface area contributed by atoms with E-state index >= 15 is 0 Å². The Labute approximate surface area is 104 Å². The van der Waals surface area contributed by atoms with E-state index in [-0.39, 0.29) is 5.91 Å². The van der Waals surface area contributed by atoms with Gasteiger partial charge in [0.15, 0.2) is 0 Å². The Balaban J connectivity index is 1.84. The maximum absolute atomic E-state index is 11.4. The molecule has 1 aliphatic rings. The van der Waals surface area contributed by atoms with E-state index in [1.54, 1.807) is 19.2 Å². The van der Waals surface area contributed by atoms with Gasteiger partial charge < -0.3 is 9.84 Å². The lowest BCUT2D eigenvalue weighted by atomic mass is 10.1. The predicted molar refractivity (Wildman–Crippen MR) is 65.1 cm³/mol. The molecule has 1 saturated carbocycles. The summed E-state index contributed by atoms with van der Waals surface area (Å²) in [5.41, 5.74) is 1.48. The standard InChI is InChI=1S/C13H13N3O2/c1-14-12(17)9-4-2-8(3-5-9)11-15-13(18-16-11)10-6-7-10/h2-5,10H,6-7H2,1H3,(H,14,17). The van der Waals surface area contributed by atoms with E-state index < -0.39 is 0 Å². The summed E-state index contributed by atoms with van der Waals surface area (Å²) in [5, 5.41) is 6.53. The molecule has 0 unspecified atom stereocenters. The molecule has 0 saturated heterocycles. The molecule has 0 spiro atoms. The van der Waals surface area contributed by atoms with E-state index in [4.69, 9.17) is 4.52 Å². The van der Waals surface area contributed by atoms with Gasteiger partial charge in [0.25, 0.3) is 5.91 Å². The van der Waals surface area contributed by atoms with E-state index in [9.17, 15) is 4.79 Å². The minimum Gasteiger partial charge on any atom is -0.355 e. The van der Waals surface area contributed by atoms with Gasteiger partial charge in [-0.3, -0.25) is 4.79 Å². The SMILES string of the molecule is CNC(=O)c1ccc(-c2noc(C3CC3)n2)cc1. The second-order valence-corrected chi connectivity index (χ2v) is 4.39. The molecule has 2 aromatic rings. The van der Waals surface area contributed by atoms with Gasteiger partial charge in [-0.05, 0) is 25.0 Å². The Morgan fingerprint density at radius 2 is 2.06 bits per heavy atom. The molecule has 1 aromatic carbocycles. The minimum absolute atomic E-state index is 0.103. The monoisotopic (exact) mass is 243 g/mol. The quantitative estimate of drug-likeness (QED) is 0.894. The van der Waals surface area contributed by atoms with Crippen LogP contribution in [0.15, 0.2) is 28.8 Å². The molecular formula is C13H13N3O2. The van der Waals surface area contributed by atoms with Gasteiger partial charge in [0, 0.05) is 24.1 Å². The third-order valence-electron chi connectivity index (χ3n) is 3.00.